The maximum atomic E-state index is 11.0. The first-order valence-electron chi connectivity index (χ1n) is 5.46. The third-order valence-electron chi connectivity index (χ3n) is 3.30. The molecule has 1 aliphatic rings. The van der Waals surface area contributed by atoms with Crippen molar-refractivity contribution < 1.29 is 9.53 Å². The molecule has 0 spiro atoms. The van der Waals surface area contributed by atoms with E-state index in [9.17, 15) is 4.79 Å². The second kappa shape index (κ2) is 5.35. The zero-order chi connectivity index (χ0) is 10.6. The first-order chi connectivity index (χ1) is 6.63. The van der Waals surface area contributed by atoms with Crippen LogP contribution in [-0.4, -0.2) is 19.1 Å². The predicted molar refractivity (Wildman–Crippen MR) is 55.7 cm³/mol. The van der Waals surface area contributed by atoms with E-state index < -0.39 is 0 Å². The molecular weight excluding hydrogens is 178 g/mol. The molecule has 14 heavy (non-hydrogen) atoms. The van der Waals surface area contributed by atoms with Crippen LogP contribution in [0.3, 0.4) is 0 Å². The smallest absolute Gasteiger partial charge is 0.307 e. The Bertz CT molecular complexity index is 186. The van der Waals surface area contributed by atoms with Crippen molar-refractivity contribution in [3.05, 3.63) is 0 Å². The monoisotopic (exact) mass is 199 g/mol. The average molecular weight is 199 g/mol. The molecule has 1 aliphatic carbocycles. The van der Waals surface area contributed by atoms with Crippen LogP contribution < -0.4 is 5.73 Å². The summed E-state index contributed by atoms with van der Waals surface area (Å²) in [5.74, 6) is 1.16. The van der Waals surface area contributed by atoms with Gasteiger partial charge >= 0.3 is 5.97 Å². The van der Waals surface area contributed by atoms with Gasteiger partial charge in [0.05, 0.1) is 13.5 Å². The van der Waals surface area contributed by atoms with Crippen LogP contribution in [0.1, 0.15) is 39.0 Å². The van der Waals surface area contributed by atoms with E-state index in [2.05, 4.69) is 11.7 Å². The molecule has 2 N–H and O–H groups in total. The van der Waals surface area contributed by atoms with Crippen LogP contribution in [0.4, 0.5) is 0 Å². The highest BCUT2D eigenvalue weighted by Gasteiger charge is 2.25. The minimum atomic E-state index is -0.184. The van der Waals surface area contributed by atoms with E-state index in [4.69, 9.17) is 5.73 Å². The summed E-state index contributed by atoms with van der Waals surface area (Å²) in [4.78, 5) is 11.0. The maximum Gasteiger partial charge on any atom is 0.307 e. The number of carbonyl (C=O) groups is 1. The van der Waals surface area contributed by atoms with E-state index >= 15 is 0 Å². The molecular formula is C11H21NO2. The van der Waals surface area contributed by atoms with Crippen molar-refractivity contribution in [2.24, 2.45) is 17.6 Å². The lowest BCUT2D eigenvalue weighted by atomic mass is 9.79. The zero-order valence-electron chi connectivity index (χ0n) is 9.16. The second-order valence-electron chi connectivity index (χ2n) is 4.46. The Morgan fingerprint density at radius 3 is 2.50 bits per heavy atom. The number of esters is 1. The van der Waals surface area contributed by atoms with Gasteiger partial charge in [-0.1, -0.05) is 19.8 Å². The Balaban J connectivity index is 2.30. The molecule has 0 aliphatic heterocycles. The number of hydrogen-bond acceptors (Lipinski definition) is 3. The van der Waals surface area contributed by atoms with E-state index in [-0.39, 0.29) is 12.0 Å². The first-order valence-corrected chi connectivity index (χ1v) is 5.46. The normalized spacial score (nSPS) is 29.6. The summed E-state index contributed by atoms with van der Waals surface area (Å²) in [7, 11) is 1.41. The summed E-state index contributed by atoms with van der Waals surface area (Å²) in [6.45, 7) is 2.28. The molecule has 0 amide bonds. The first kappa shape index (κ1) is 11.5. The van der Waals surface area contributed by atoms with Crippen LogP contribution >= 0.6 is 0 Å². The van der Waals surface area contributed by atoms with Gasteiger partial charge in [0.2, 0.25) is 0 Å². The van der Waals surface area contributed by atoms with Gasteiger partial charge in [-0.2, -0.15) is 0 Å². The lowest BCUT2D eigenvalue weighted by Crippen LogP contribution is -2.35. The highest BCUT2D eigenvalue weighted by atomic mass is 16.5. The van der Waals surface area contributed by atoms with E-state index in [1.54, 1.807) is 0 Å². The topological polar surface area (TPSA) is 52.3 Å². The van der Waals surface area contributed by atoms with E-state index in [1.807, 2.05) is 0 Å². The highest BCUT2D eigenvalue weighted by molar-refractivity contribution is 5.69. The van der Waals surface area contributed by atoms with Crippen molar-refractivity contribution in [3.63, 3.8) is 0 Å². The fourth-order valence-corrected chi connectivity index (χ4v) is 2.16. The number of carbonyl (C=O) groups excluding carboxylic acids is 1. The van der Waals surface area contributed by atoms with Gasteiger partial charge in [0.1, 0.15) is 0 Å². The zero-order valence-corrected chi connectivity index (χ0v) is 9.16. The summed E-state index contributed by atoms with van der Waals surface area (Å²) in [6, 6.07) is -0.00468. The number of nitrogens with two attached hydrogens (primary N) is 1. The van der Waals surface area contributed by atoms with Crippen molar-refractivity contribution in [2.45, 2.75) is 45.1 Å². The molecule has 3 heteroatoms. The Morgan fingerprint density at radius 1 is 1.43 bits per heavy atom. The van der Waals surface area contributed by atoms with Gasteiger partial charge in [0.25, 0.3) is 0 Å². The quantitative estimate of drug-likeness (QED) is 0.704. The van der Waals surface area contributed by atoms with Gasteiger partial charge in [0, 0.05) is 6.04 Å². The summed E-state index contributed by atoms with van der Waals surface area (Å²) in [5, 5.41) is 0. The molecule has 0 bridgehead atoms. The van der Waals surface area contributed by atoms with Crippen molar-refractivity contribution >= 4 is 5.97 Å². The fourth-order valence-electron chi connectivity index (χ4n) is 2.16. The highest BCUT2D eigenvalue weighted by Crippen LogP contribution is 2.30. The number of methoxy groups -OCH3 is 1. The third kappa shape index (κ3) is 3.29. The summed E-state index contributed by atoms with van der Waals surface area (Å²) >= 11 is 0. The molecule has 1 atom stereocenters. The molecule has 1 saturated carbocycles. The van der Waals surface area contributed by atoms with Crippen molar-refractivity contribution in [1.29, 1.82) is 0 Å². The van der Waals surface area contributed by atoms with Crippen molar-refractivity contribution in [3.8, 4) is 0 Å². The molecule has 0 aromatic heterocycles. The molecule has 1 fully saturated rings. The molecule has 1 rings (SSSR count). The molecule has 82 valence electrons. The van der Waals surface area contributed by atoms with Crippen LogP contribution in [0.5, 0.6) is 0 Å². The number of ether oxygens (including phenoxy) is 1. The Morgan fingerprint density at radius 2 is 2.00 bits per heavy atom. The van der Waals surface area contributed by atoms with Gasteiger partial charge in [-0.15, -0.1) is 0 Å². The second-order valence-corrected chi connectivity index (χ2v) is 4.46. The summed E-state index contributed by atoms with van der Waals surface area (Å²) < 4.78 is 4.61. The minimum absolute atomic E-state index is 0.00468. The molecule has 0 heterocycles. The molecule has 0 radical (unpaired) electrons. The minimum Gasteiger partial charge on any atom is -0.469 e. The van der Waals surface area contributed by atoms with Crippen molar-refractivity contribution in [1.82, 2.24) is 0 Å². The molecule has 0 aromatic carbocycles. The van der Waals surface area contributed by atoms with Gasteiger partial charge in [-0.05, 0) is 24.7 Å². The lowest BCUT2D eigenvalue weighted by Gasteiger charge is -2.30. The predicted octanol–water partition coefficient (Wildman–Crippen LogP) is 1.70. The van der Waals surface area contributed by atoms with E-state index in [1.165, 1.54) is 32.8 Å². The molecule has 1 unspecified atom stereocenters. The van der Waals surface area contributed by atoms with Crippen molar-refractivity contribution in [2.75, 3.05) is 7.11 Å². The lowest BCUT2D eigenvalue weighted by molar-refractivity contribution is -0.141. The summed E-state index contributed by atoms with van der Waals surface area (Å²) in [5.41, 5.74) is 5.97. The molecule has 3 nitrogen and oxygen atoms in total. The van der Waals surface area contributed by atoms with Gasteiger partial charge < -0.3 is 10.5 Å². The van der Waals surface area contributed by atoms with Crippen LogP contribution in [0, 0.1) is 11.8 Å². The number of rotatable bonds is 3. The van der Waals surface area contributed by atoms with E-state index in [0.717, 1.165) is 5.92 Å². The summed E-state index contributed by atoms with van der Waals surface area (Å²) in [6.07, 6.45) is 5.20. The molecule has 0 saturated heterocycles. The molecule has 0 aromatic rings. The average Bonchev–Trinajstić information content (AvgIpc) is 2.18. The SMILES string of the molecule is COC(=O)CC(N)C1CCC(C)CC1. The standard InChI is InChI=1S/C11H21NO2/c1-8-3-5-9(6-4-8)10(12)7-11(13)14-2/h8-10H,3-7,12H2,1-2H3. The Kier molecular flexibility index (Phi) is 4.39. The number of hydrogen-bond donors (Lipinski definition) is 1. The Labute approximate surface area is 86.0 Å². The maximum absolute atomic E-state index is 11.0. The van der Waals surface area contributed by atoms with E-state index in [0.29, 0.717) is 12.3 Å². The Hall–Kier alpha value is -0.570. The third-order valence-corrected chi connectivity index (χ3v) is 3.30. The van der Waals surface area contributed by atoms with Crippen LogP contribution in [0.15, 0.2) is 0 Å². The van der Waals surface area contributed by atoms with Gasteiger partial charge in [0.15, 0.2) is 0 Å². The van der Waals surface area contributed by atoms with Gasteiger partial charge in [-0.3, -0.25) is 4.79 Å². The van der Waals surface area contributed by atoms with Crippen LogP contribution in [0.25, 0.3) is 0 Å². The van der Waals surface area contributed by atoms with Crippen LogP contribution in [0.2, 0.25) is 0 Å². The van der Waals surface area contributed by atoms with Gasteiger partial charge in [-0.25, -0.2) is 0 Å². The van der Waals surface area contributed by atoms with Crippen LogP contribution in [-0.2, 0) is 9.53 Å². The largest absolute Gasteiger partial charge is 0.469 e. The fraction of sp³-hybridized carbons (Fsp3) is 0.909.